The first kappa shape index (κ1) is 18.9. The van der Waals surface area contributed by atoms with Crippen LogP contribution in [0.3, 0.4) is 0 Å². The number of benzene rings is 2. The number of carbonyl (C=O) groups is 2. The van der Waals surface area contributed by atoms with E-state index in [-0.39, 0.29) is 10.7 Å². The second-order valence-electron chi connectivity index (χ2n) is 4.99. The van der Waals surface area contributed by atoms with E-state index in [4.69, 9.17) is 16.7 Å². The van der Waals surface area contributed by atoms with Gasteiger partial charge in [0.25, 0.3) is 0 Å². The Morgan fingerprint density at radius 2 is 1.64 bits per heavy atom. The van der Waals surface area contributed by atoms with Crippen molar-refractivity contribution in [2.24, 2.45) is 0 Å². The number of carbonyl (C=O) groups excluding carboxylic acids is 1. The van der Waals surface area contributed by atoms with Crippen molar-refractivity contribution in [3.63, 3.8) is 0 Å². The van der Waals surface area contributed by atoms with Gasteiger partial charge in [-0.2, -0.15) is 4.72 Å². The number of ketones is 1. The number of nitrogens with one attached hydrogen (secondary N) is 1. The molecule has 0 aliphatic heterocycles. The largest absolute Gasteiger partial charge is 0.480 e. The molecule has 2 aromatic rings. The minimum absolute atomic E-state index is 0.119. The van der Waals surface area contributed by atoms with Gasteiger partial charge in [0.15, 0.2) is 5.78 Å². The van der Waals surface area contributed by atoms with Crippen LogP contribution in [0.15, 0.2) is 59.5 Å². The third-order valence-corrected chi connectivity index (χ3v) is 4.83. The van der Waals surface area contributed by atoms with E-state index in [2.05, 4.69) is 0 Å². The number of hydrogen-bond acceptors (Lipinski definition) is 4. The van der Waals surface area contributed by atoms with E-state index in [1.807, 2.05) is 4.72 Å². The fourth-order valence-electron chi connectivity index (χ4n) is 1.88. The first-order chi connectivity index (χ1) is 11.8. The Balaban J connectivity index is 2.09. The molecule has 0 amide bonds. The Morgan fingerprint density at radius 1 is 1.04 bits per heavy atom. The summed E-state index contributed by atoms with van der Waals surface area (Å²) in [6, 6.07) is 12.1. The van der Waals surface area contributed by atoms with Crippen molar-refractivity contribution in [1.29, 1.82) is 0 Å². The van der Waals surface area contributed by atoms with Crippen LogP contribution in [-0.2, 0) is 14.8 Å². The minimum atomic E-state index is -3.93. The summed E-state index contributed by atoms with van der Waals surface area (Å²) in [6.45, 7) is -0.715. The molecule has 0 unspecified atom stereocenters. The normalized spacial score (nSPS) is 11.6. The van der Waals surface area contributed by atoms with Crippen molar-refractivity contribution in [3.8, 4) is 0 Å². The molecule has 0 saturated heterocycles. The van der Waals surface area contributed by atoms with Crippen molar-refractivity contribution in [2.75, 3.05) is 6.54 Å². The Bertz CT molecular complexity index is 903. The first-order valence-corrected chi connectivity index (χ1v) is 8.93. The number of sulfonamides is 1. The lowest BCUT2D eigenvalue weighted by atomic mass is 10.1. The summed E-state index contributed by atoms with van der Waals surface area (Å²) >= 11 is 5.78. The van der Waals surface area contributed by atoms with Gasteiger partial charge in [0.05, 0.1) is 4.90 Å². The average molecular weight is 380 g/mol. The van der Waals surface area contributed by atoms with Crippen molar-refractivity contribution in [2.45, 2.75) is 4.90 Å². The topological polar surface area (TPSA) is 101 Å². The van der Waals surface area contributed by atoms with Crippen molar-refractivity contribution >= 4 is 39.5 Å². The highest BCUT2D eigenvalue weighted by Gasteiger charge is 2.15. The van der Waals surface area contributed by atoms with Crippen LogP contribution in [0, 0.1) is 0 Å². The van der Waals surface area contributed by atoms with Crippen LogP contribution in [0.1, 0.15) is 15.9 Å². The zero-order valence-electron chi connectivity index (χ0n) is 12.8. The summed E-state index contributed by atoms with van der Waals surface area (Å²) in [6.07, 6.45) is 2.99. The van der Waals surface area contributed by atoms with E-state index in [1.54, 1.807) is 30.3 Å². The van der Waals surface area contributed by atoms with E-state index in [9.17, 15) is 18.0 Å². The summed E-state index contributed by atoms with van der Waals surface area (Å²) in [7, 11) is -3.93. The van der Waals surface area contributed by atoms with Gasteiger partial charge in [0.1, 0.15) is 6.54 Å². The molecule has 6 nitrogen and oxygen atoms in total. The molecule has 130 valence electrons. The predicted molar refractivity (Wildman–Crippen MR) is 94.1 cm³/mol. The fourth-order valence-corrected chi connectivity index (χ4v) is 2.98. The summed E-state index contributed by atoms with van der Waals surface area (Å²) < 4.78 is 25.7. The predicted octanol–water partition coefficient (Wildman–Crippen LogP) is 2.60. The molecule has 25 heavy (non-hydrogen) atoms. The van der Waals surface area contributed by atoms with Gasteiger partial charge >= 0.3 is 5.97 Å². The molecule has 2 aromatic carbocycles. The molecular formula is C17H14ClNO5S. The van der Waals surface area contributed by atoms with Crippen LogP contribution >= 0.6 is 11.6 Å². The van der Waals surface area contributed by atoms with Crippen LogP contribution in [-0.4, -0.2) is 31.8 Å². The molecule has 0 heterocycles. The van der Waals surface area contributed by atoms with E-state index < -0.39 is 22.5 Å². The Hall–Kier alpha value is -2.48. The number of halogens is 1. The lowest BCUT2D eigenvalue weighted by molar-refractivity contribution is -0.135. The summed E-state index contributed by atoms with van der Waals surface area (Å²) in [4.78, 5) is 22.4. The maximum Gasteiger partial charge on any atom is 0.318 e. The van der Waals surface area contributed by atoms with Gasteiger partial charge in [-0.3, -0.25) is 9.59 Å². The molecule has 2 N–H and O–H groups in total. The maximum absolute atomic E-state index is 12.1. The molecule has 0 atom stereocenters. The monoisotopic (exact) mass is 379 g/mol. The van der Waals surface area contributed by atoms with Crippen LogP contribution < -0.4 is 4.72 Å². The molecule has 8 heteroatoms. The zero-order valence-corrected chi connectivity index (χ0v) is 14.4. The van der Waals surface area contributed by atoms with Crippen molar-refractivity contribution in [3.05, 3.63) is 70.8 Å². The van der Waals surface area contributed by atoms with Gasteiger partial charge in [0.2, 0.25) is 10.0 Å². The molecule has 0 aliphatic carbocycles. The standard InChI is InChI=1S/C17H14ClNO5S/c18-14-6-1-12(2-7-14)3-10-16(20)13-4-8-15(9-5-13)25(23,24)19-11-17(21)22/h1-10,19H,11H2,(H,21,22)/b10-3+. The Labute approximate surface area is 149 Å². The smallest absolute Gasteiger partial charge is 0.318 e. The van der Waals surface area contributed by atoms with Gasteiger partial charge in [0, 0.05) is 10.6 Å². The molecule has 0 saturated carbocycles. The number of allylic oxidation sites excluding steroid dienone is 1. The summed E-state index contributed by atoms with van der Waals surface area (Å²) in [5.74, 6) is -1.58. The molecular weight excluding hydrogens is 366 g/mol. The number of carboxylic acid groups (broad SMARTS) is 1. The summed E-state index contributed by atoms with van der Waals surface area (Å²) in [5.41, 5.74) is 1.11. The first-order valence-electron chi connectivity index (χ1n) is 7.07. The van der Waals surface area contributed by atoms with Crippen LogP contribution in [0.5, 0.6) is 0 Å². The van der Waals surface area contributed by atoms with Gasteiger partial charge in [-0.05, 0) is 48.0 Å². The second kappa shape index (κ2) is 8.06. The van der Waals surface area contributed by atoms with Gasteiger partial charge < -0.3 is 5.11 Å². The highest BCUT2D eigenvalue weighted by atomic mass is 35.5. The number of carboxylic acids is 1. The molecule has 2 rings (SSSR count). The summed E-state index contributed by atoms with van der Waals surface area (Å²) in [5, 5.41) is 9.12. The van der Waals surface area contributed by atoms with E-state index in [0.717, 1.165) is 5.56 Å². The number of hydrogen-bond donors (Lipinski definition) is 2. The average Bonchev–Trinajstić information content (AvgIpc) is 2.59. The highest BCUT2D eigenvalue weighted by molar-refractivity contribution is 7.89. The highest BCUT2D eigenvalue weighted by Crippen LogP contribution is 2.13. The van der Waals surface area contributed by atoms with Gasteiger partial charge in [-0.25, -0.2) is 8.42 Å². The zero-order chi connectivity index (χ0) is 18.4. The molecule has 0 spiro atoms. The molecule has 0 aliphatic rings. The molecule has 0 fully saturated rings. The van der Waals surface area contributed by atoms with Gasteiger partial charge in [-0.15, -0.1) is 0 Å². The van der Waals surface area contributed by atoms with Crippen LogP contribution in [0.4, 0.5) is 0 Å². The number of aliphatic carboxylic acids is 1. The lowest BCUT2D eigenvalue weighted by Crippen LogP contribution is -2.29. The third-order valence-electron chi connectivity index (χ3n) is 3.16. The fraction of sp³-hybridized carbons (Fsp3) is 0.0588. The molecule has 0 aromatic heterocycles. The van der Waals surface area contributed by atoms with Crippen LogP contribution in [0.2, 0.25) is 5.02 Å². The Morgan fingerprint density at radius 3 is 2.20 bits per heavy atom. The van der Waals surface area contributed by atoms with Crippen molar-refractivity contribution < 1.29 is 23.1 Å². The Kier molecular flexibility index (Phi) is 6.08. The van der Waals surface area contributed by atoms with E-state index in [0.29, 0.717) is 10.6 Å². The van der Waals surface area contributed by atoms with Gasteiger partial charge in [-0.1, -0.05) is 29.8 Å². The lowest BCUT2D eigenvalue weighted by Gasteiger charge is -2.05. The van der Waals surface area contributed by atoms with E-state index in [1.165, 1.54) is 30.3 Å². The van der Waals surface area contributed by atoms with Crippen molar-refractivity contribution in [1.82, 2.24) is 4.72 Å². The van der Waals surface area contributed by atoms with Crippen LogP contribution in [0.25, 0.3) is 6.08 Å². The number of rotatable bonds is 7. The van der Waals surface area contributed by atoms with E-state index >= 15 is 0 Å². The minimum Gasteiger partial charge on any atom is -0.480 e. The quantitative estimate of drug-likeness (QED) is 0.569. The molecule has 0 bridgehead atoms. The third kappa shape index (κ3) is 5.53. The molecule has 0 radical (unpaired) electrons. The maximum atomic E-state index is 12.1. The SMILES string of the molecule is O=C(O)CNS(=O)(=O)c1ccc(C(=O)/C=C/c2ccc(Cl)cc2)cc1. The second-order valence-corrected chi connectivity index (χ2v) is 7.20.